The second-order valence-electron chi connectivity index (χ2n) is 4.14. The van der Waals surface area contributed by atoms with Crippen LogP contribution in [0.15, 0.2) is 48.8 Å². The number of hydrogen-bond donors (Lipinski definition) is 1. The highest BCUT2D eigenvalue weighted by Gasteiger charge is 2.28. The Hall–Kier alpha value is -2.24. The molecule has 0 amide bonds. The first-order valence-electron chi connectivity index (χ1n) is 5.95. The van der Waals surface area contributed by atoms with Crippen LogP contribution in [0.25, 0.3) is 0 Å². The summed E-state index contributed by atoms with van der Waals surface area (Å²) in [5.41, 5.74) is 1.82. The lowest BCUT2D eigenvalue weighted by Crippen LogP contribution is -2.19. The minimum absolute atomic E-state index is 0.189. The summed E-state index contributed by atoms with van der Waals surface area (Å²) in [6.45, 7) is -0.688. The van der Waals surface area contributed by atoms with Crippen molar-refractivity contribution in [3.63, 3.8) is 0 Å². The summed E-state index contributed by atoms with van der Waals surface area (Å²) in [5.74, 6) is 0.189. The van der Waals surface area contributed by atoms with Gasteiger partial charge >= 0.3 is 6.18 Å². The molecule has 0 radical (unpaired) electrons. The van der Waals surface area contributed by atoms with Crippen LogP contribution in [0.2, 0.25) is 0 Å². The van der Waals surface area contributed by atoms with E-state index in [2.05, 4.69) is 15.0 Å². The molecule has 6 heteroatoms. The molecule has 0 saturated heterocycles. The van der Waals surface area contributed by atoms with Gasteiger partial charge in [-0.15, -0.1) is 0 Å². The predicted molar refractivity (Wildman–Crippen MR) is 69.6 cm³/mol. The summed E-state index contributed by atoms with van der Waals surface area (Å²) >= 11 is 0. The van der Waals surface area contributed by atoms with Crippen molar-refractivity contribution in [2.24, 2.45) is 0 Å². The Balaban J connectivity index is 1.85. The molecule has 106 valence electrons. The first kappa shape index (κ1) is 14.2. The maximum absolute atomic E-state index is 12.0. The van der Waals surface area contributed by atoms with E-state index in [4.69, 9.17) is 0 Å². The second-order valence-corrected chi connectivity index (χ2v) is 4.14. The van der Waals surface area contributed by atoms with Crippen LogP contribution < -0.4 is 10.1 Å². The Morgan fingerprint density at radius 1 is 1.10 bits per heavy atom. The van der Waals surface area contributed by atoms with Gasteiger partial charge < -0.3 is 10.1 Å². The molecule has 0 unspecified atom stereocenters. The zero-order chi connectivity index (χ0) is 14.4. The monoisotopic (exact) mass is 282 g/mol. The first-order chi connectivity index (χ1) is 9.53. The lowest BCUT2D eigenvalue weighted by atomic mass is 10.2. The molecule has 1 aromatic carbocycles. The van der Waals surface area contributed by atoms with Gasteiger partial charge in [0.1, 0.15) is 5.75 Å². The summed E-state index contributed by atoms with van der Waals surface area (Å²) in [6.07, 6.45) is -0.888. The van der Waals surface area contributed by atoms with E-state index < -0.39 is 12.8 Å². The molecule has 0 atom stereocenters. The first-order valence-corrected chi connectivity index (χ1v) is 5.95. The minimum atomic E-state index is -4.32. The molecule has 0 aliphatic heterocycles. The van der Waals surface area contributed by atoms with Gasteiger partial charge in [-0.3, -0.25) is 4.98 Å². The van der Waals surface area contributed by atoms with E-state index in [-0.39, 0.29) is 5.75 Å². The normalized spacial score (nSPS) is 11.2. The number of pyridine rings is 1. The molecule has 1 N–H and O–H groups in total. The van der Waals surface area contributed by atoms with Crippen molar-refractivity contribution in [1.82, 2.24) is 4.98 Å². The molecular weight excluding hydrogens is 269 g/mol. The standard InChI is InChI=1S/C14H13F3N2O/c15-14(16,17)10-20-13-5-3-12(4-6-13)19-9-11-2-1-7-18-8-11/h1-8,19H,9-10H2. The van der Waals surface area contributed by atoms with Crippen LogP contribution >= 0.6 is 0 Å². The summed E-state index contributed by atoms with van der Waals surface area (Å²) in [4.78, 5) is 3.99. The Kier molecular flexibility index (Phi) is 4.45. The smallest absolute Gasteiger partial charge is 0.422 e. The van der Waals surface area contributed by atoms with Gasteiger partial charge in [0.05, 0.1) is 0 Å². The average molecular weight is 282 g/mol. The molecule has 0 fully saturated rings. The second kappa shape index (κ2) is 6.27. The molecule has 0 spiro atoms. The summed E-state index contributed by atoms with van der Waals surface area (Å²) < 4.78 is 40.6. The maximum Gasteiger partial charge on any atom is 0.422 e. The Morgan fingerprint density at radius 2 is 1.85 bits per heavy atom. The van der Waals surface area contributed by atoms with Gasteiger partial charge in [-0.05, 0) is 35.9 Å². The number of halogens is 3. The topological polar surface area (TPSA) is 34.1 Å². The van der Waals surface area contributed by atoms with E-state index in [1.54, 1.807) is 24.5 Å². The van der Waals surface area contributed by atoms with Crippen molar-refractivity contribution >= 4 is 5.69 Å². The highest BCUT2D eigenvalue weighted by atomic mass is 19.4. The minimum Gasteiger partial charge on any atom is -0.484 e. The third kappa shape index (κ3) is 4.79. The molecule has 2 rings (SSSR count). The number of anilines is 1. The molecule has 20 heavy (non-hydrogen) atoms. The predicted octanol–water partition coefficient (Wildman–Crippen LogP) is 3.63. The molecule has 2 aromatic rings. The van der Waals surface area contributed by atoms with Crippen LogP contribution in [0.4, 0.5) is 18.9 Å². The van der Waals surface area contributed by atoms with Gasteiger partial charge in [-0.25, -0.2) is 0 Å². The summed E-state index contributed by atoms with van der Waals surface area (Å²) in [6, 6.07) is 10.1. The number of nitrogens with one attached hydrogen (secondary N) is 1. The fraction of sp³-hybridized carbons (Fsp3) is 0.214. The molecule has 1 heterocycles. The van der Waals surface area contributed by atoms with E-state index in [0.29, 0.717) is 6.54 Å². The molecule has 0 bridgehead atoms. The van der Waals surface area contributed by atoms with E-state index >= 15 is 0 Å². The number of aromatic nitrogens is 1. The number of ether oxygens (including phenoxy) is 1. The zero-order valence-electron chi connectivity index (χ0n) is 10.5. The quantitative estimate of drug-likeness (QED) is 0.909. The Bertz CT molecular complexity index is 526. The van der Waals surface area contributed by atoms with Gasteiger partial charge in [0, 0.05) is 24.6 Å². The summed E-state index contributed by atoms with van der Waals surface area (Å²) in [7, 11) is 0. The number of rotatable bonds is 5. The van der Waals surface area contributed by atoms with Crippen LogP contribution in [-0.4, -0.2) is 17.8 Å². The Morgan fingerprint density at radius 3 is 2.45 bits per heavy atom. The van der Waals surface area contributed by atoms with Crippen LogP contribution in [0.1, 0.15) is 5.56 Å². The van der Waals surface area contributed by atoms with E-state index in [1.165, 1.54) is 12.1 Å². The van der Waals surface area contributed by atoms with Crippen molar-refractivity contribution in [3.8, 4) is 5.75 Å². The molecule has 0 aliphatic rings. The van der Waals surface area contributed by atoms with Crippen LogP contribution in [0, 0.1) is 0 Å². The van der Waals surface area contributed by atoms with Gasteiger partial charge in [-0.2, -0.15) is 13.2 Å². The van der Waals surface area contributed by atoms with Crippen molar-refractivity contribution in [2.45, 2.75) is 12.7 Å². The molecule has 0 aliphatic carbocycles. The maximum atomic E-state index is 12.0. The van der Waals surface area contributed by atoms with Crippen LogP contribution in [0.5, 0.6) is 5.75 Å². The van der Waals surface area contributed by atoms with E-state index in [1.807, 2.05) is 12.1 Å². The van der Waals surface area contributed by atoms with Crippen molar-refractivity contribution in [2.75, 3.05) is 11.9 Å². The molecule has 3 nitrogen and oxygen atoms in total. The number of nitrogens with zero attached hydrogens (tertiary/aromatic N) is 1. The number of hydrogen-bond acceptors (Lipinski definition) is 3. The van der Waals surface area contributed by atoms with Crippen molar-refractivity contribution in [3.05, 3.63) is 54.4 Å². The van der Waals surface area contributed by atoms with Gasteiger partial charge in [0.2, 0.25) is 0 Å². The van der Waals surface area contributed by atoms with Gasteiger partial charge in [0.15, 0.2) is 6.61 Å². The Labute approximate surface area is 114 Å². The zero-order valence-corrected chi connectivity index (χ0v) is 10.5. The number of benzene rings is 1. The van der Waals surface area contributed by atoms with Crippen LogP contribution in [0.3, 0.4) is 0 Å². The average Bonchev–Trinajstić information content (AvgIpc) is 2.44. The van der Waals surface area contributed by atoms with Crippen molar-refractivity contribution < 1.29 is 17.9 Å². The van der Waals surface area contributed by atoms with E-state index in [0.717, 1.165) is 11.3 Å². The SMILES string of the molecule is FC(F)(F)COc1ccc(NCc2cccnc2)cc1. The van der Waals surface area contributed by atoms with Crippen LogP contribution in [-0.2, 0) is 6.54 Å². The summed E-state index contributed by atoms with van der Waals surface area (Å²) in [5, 5.41) is 3.14. The lowest BCUT2D eigenvalue weighted by Gasteiger charge is -2.10. The van der Waals surface area contributed by atoms with Crippen molar-refractivity contribution in [1.29, 1.82) is 0 Å². The molecule has 0 saturated carbocycles. The highest BCUT2D eigenvalue weighted by Crippen LogP contribution is 2.20. The largest absolute Gasteiger partial charge is 0.484 e. The molecule has 1 aromatic heterocycles. The fourth-order valence-electron chi connectivity index (χ4n) is 1.54. The van der Waals surface area contributed by atoms with E-state index in [9.17, 15) is 13.2 Å². The highest BCUT2D eigenvalue weighted by molar-refractivity contribution is 5.46. The molecular formula is C14H13F3N2O. The van der Waals surface area contributed by atoms with Gasteiger partial charge in [0.25, 0.3) is 0 Å². The third-order valence-electron chi connectivity index (χ3n) is 2.48. The fourth-order valence-corrected chi connectivity index (χ4v) is 1.54. The van der Waals surface area contributed by atoms with Gasteiger partial charge in [-0.1, -0.05) is 6.07 Å². The third-order valence-corrected chi connectivity index (χ3v) is 2.48. The lowest BCUT2D eigenvalue weighted by molar-refractivity contribution is -0.153. The number of alkyl halides is 3.